The van der Waals surface area contributed by atoms with Crippen LogP contribution in [-0.4, -0.2) is 28.0 Å². The van der Waals surface area contributed by atoms with Crippen LogP contribution in [0.5, 0.6) is 0 Å². The molecule has 6 heteroatoms. The Kier molecular flexibility index (Phi) is 3.27. The molecule has 0 spiro atoms. The molecule has 1 aromatic carbocycles. The number of hydrogen-bond acceptors (Lipinski definition) is 4. The van der Waals surface area contributed by atoms with E-state index in [-0.39, 0.29) is 6.54 Å². The number of primary amides is 1. The fraction of sp³-hybridized carbons (Fsp3) is 0.250. The molecule has 0 saturated carbocycles. The summed E-state index contributed by atoms with van der Waals surface area (Å²) in [4.78, 5) is 26.4. The normalized spacial score (nSPS) is 10.5. The first-order valence-electron chi connectivity index (χ1n) is 5.43. The molecule has 1 amide bonds. The number of ether oxygens (including phenoxy) is 1. The molecule has 94 valence electrons. The Morgan fingerprint density at radius 2 is 2.11 bits per heavy atom. The van der Waals surface area contributed by atoms with Crippen LogP contribution in [0.1, 0.15) is 5.82 Å². The van der Waals surface area contributed by atoms with Crippen molar-refractivity contribution in [3.05, 3.63) is 30.1 Å². The smallest absolute Gasteiger partial charge is 0.326 e. The maximum absolute atomic E-state index is 11.5. The van der Waals surface area contributed by atoms with Crippen molar-refractivity contribution in [3.8, 4) is 0 Å². The van der Waals surface area contributed by atoms with E-state index in [1.54, 1.807) is 11.5 Å². The van der Waals surface area contributed by atoms with Crippen molar-refractivity contribution >= 4 is 22.9 Å². The van der Waals surface area contributed by atoms with Crippen molar-refractivity contribution in [1.29, 1.82) is 0 Å². The molecule has 0 aliphatic rings. The Labute approximate surface area is 103 Å². The molecule has 0 aliphatic heterocycles. The summed E-state index contributed by atoms with van der Waals surface area (Å²) in [6, 6.07) is 7.49. The minimum atomic E-state index is -0.671. The van der Waals surface area contributed by atoms with Crippen LogP contribution in [0.25, 0.3) is 11.0 Å². The van der Waals surface area contributed by atoms with Crippen molar-refractivity contribution in [2.24, 2.45) is 5.73 Å². The van der Waals surface area contributed by atoms with Gasteiger partial charge in [0.25, 0.3) is 5.91 Å². The Bertz CT molecular complexity index is 604. The number of nitrogens with two attached hydrogens (primary N) is 1. The van der Waals surface area contributed by atoms with Crippen molar-refractivity contribution in [2.45, 2.75) is 13.5 Å². The molecule has 0 bridgehead atoms. The van der Waals surface area contributed by atoms with Gasteiger partial charge < -0.3 is 15.0 Å². The van der Waals surface area contributed by atoms with Gasteiger partial charge in [-0.2, -0.15) is 0 Å². The predicted molar refractivity (Wildman–Crippen MR) is 64.6 cm³/mol. The van der Waals surface area contributed by atoms with Gasteiger partial charge in [-0.05, 0) is 19.1 Å². The average Bonchev–Trinajstić information content (AvgIpc) is 2.64. The zero-order valence-electron chi connectivity index (χ0n) is 9.92. The van der Waals surface area contributed by atoms with Gasteiger partial charge in [0, 0.05) is 0 Å². The highest BCUT2D eigenvalue weighted by atomic mass is 16.5. The van der Waals surface area contributed by atoms with Gasteiger partial charge in [-0.3, -0.25) is 9.59 Å². The number of carbonyl (C=O) groups is 2. The number of aryl methyl sites for hydroxylation is 1. The van der Waals surface area contributed by atoms with Crippen LogP contribution < -0.4 is 5.73 Å². The topological polar surface area (TPSA) is 87.2 Å². The number of fused-ring (bicyclic) bond motifs is 1. The Hall–Kier alpha value is -2.37. The second-order valence-corrected chi connectivity index (χ2v) is 3.86. The van der Waals surface area contributed by atoms with Crippen LogP contribution in [0.2, 0.25) is 0 Å². The molecule has 6 nitrogen and oxygen atoms in total. The van der Waals surface area contributed by atoms with E-state index in [0.717, 1.165) is 11.0 Å². The highest BCUT2D eigenvalue weighted by molar-refractivity contribution is 5.81. The van der Waals surface area contributed by atoms with E-state index in [4.69, 9.17) is 10.5 Å². The molecular formula is C12H13N3O3. The quantitative estimate of drug-likeness (QED) is 0.791. The Balaban J connectivity index is 2.18. The van der Waals surface area contributed by atoms with Crippen molar-refractivity contribution in [3.63, 3.8) is 0 Å². The van der Waals surface area contributed by atoms with Crippen LogP contribution in [0.3, 0.4) is 0 Å². The summed E-state index contributed by atoms with van der Waals surface area (Å²) in [5, 5.41) is 0. The lowest BCUT2D eigenvalue weighted by molar-refractivity contribution is -0.148. The molecule has 1 aromatic heterocycles. The van der Waals surface area contributed by atoms with Crippen molar-refractivity contribution < 1.29 is 14.3 Å². The maximum atomic E-state index is 11.5. The fourth-order valence-corrected chi connectivity index (χ4v) is 1.72. The molecule has 0 atom stereocenters. The van der Waals surface area contributed by atoms with E-state index in [0.29, 0.717) is 5.82 Å². The lowest BCUT2D eigenvalue weighted by atomic mass is 10.3. The summed E-state index contributed by atoms with van der Waals surface area (Å²) in [5.41, 5.74) is 6.57. The number of rotatable bonds is 4. The maximum Gasteiger partial charge on any atom is 0.326 e. The van der Waals surface area contributed by atoms with Gasteiger partial charge in [-0.25, -0.2) is 4.98 Å². The number of amides is 1. The number of hydrogen-bond donors (Lipinski definition) is 1. The van der Waals surface area contributed by atoms with Gasteiger partial charge in [0.05, 0.1) is 11.0 Å². The van der Waals surface area contributed by atoms with E-state index >= 15 is 0 Å². The molecule has 0 unspecified atom stereocenters. The zero-order chi connectivity index (χ0) is 13.1. The fourth-order valence-electron chi connectivity index (χ4n) is 1.72. The highest BCUT2D eigenvalue weighted by Gasteiger charge is 2.11. The van der Waals surface area contributed by atoms with Gasteiger partial charge in [0.1, 0.15) is 12.4 Å². The van der Waals surface area contributed by atoms with Gasteiger partial charge >= 0.3 is 5.97 Å². The third-order valence-corrected chi connectivity index (χ3v) is 2.51. The van der Waals surface area contributed by atoms with Crippen LogP contribution >= 0.6 is 0 Å². The molecule has 1 heterocycles. The van der Waals surface area contributed by atoms with Gasteiger partial charge in [-0.15, -0.1) is 0 Å². The largest absolute Gasteiger partial charge is 0.454 e. The minimum absolute atomic E-state index is 0.0135. The van der Waals surface area contributed by atoms with Crippen LogP contribution in [0.15, 0.2) is 24.3 Å². The van der Waals surface area contributed by atoms with E-state index in [2.05, 4.69) is 4.98 Å². The molecule has 0 saturated heterocycles. The van der Waals surface area contributed by atoms with E-state index in [9.17, 15) is 9.59 Å². The summed E-state index contributed by atoms with van der Waals surface area (Å²) in [7, 11) is 0. The highest BCUT2D eigenvalue weighted by Crippen LogP contribution is 2.15. The van der Waals surface area contributed by atoms with Gasteiger partial charge in [0.15, 0.2) is 6.61 Å². The number of para-hydroxylation sites is 2. The Morgan fingerprint density at radius 1 is 1.39 bits per heavy atom. The standard InChI is InChI=1S/C12H13N3O3/c1-8-14-9-4-2-3-5-10(9)15(8)6-12(17)18-7-11(13)16/h2-5H,6-7H2,1H3,(H2,13,16). The lowest BCUT2D eigenvalue weighted by Crippen LogP contribution is -2.23. The number of carbonyl (C=O) groups excluding carboxylic acids is 2. The summed E-state index contributed by atoms with van der Waals surface area (Å²) < 4.78 is 6.45. The number of aromatic nitrogens is 2. The summed E-state index contributed by atoms with van der Waals surface area (Å²) >= 11 is 0. The molecule has 0 radical (unpaired) electrons. The summed E-state index contributed by atoms with van der Waals surface area (Å²) in [6.45, 7) is 1.42. The molecule has 2 aromatic rings. The SMILES string of the molecule is Cc1nc2ccccc2n1CC(=O)OCC(N)=O. The first-order chi connectivity index (χ1) is 8.58. The van der Waals surface area contributed by atoms with Gasteiger partial charge in [-0.1, -0.05) is 12.1 Å². The third kappa shape index (κ3) is 2.48. The van der Waals surface area contributed by atoms with Crippen LogP contribution in [0.4, 0.5) is 0 Å². The molecule has 2 rings (SSSR count). The Morgan fingerprint density at radius 3 is 2.83 bits per heavy atom. The third-order valence-electron chi connectivity index (χ3n) is 2.51. The van der Waals surface area contributed by atoms with Crippen LogP contribution in [-0.2, 0) is 20.9 Å². The lowest BCUT2D eigenvalue weighted by Gasteiger charge is -2.06. The van der Waals surface area contributed by atoms with Gasteiger partial charge in [0.2, 0.25) is 0 Å². The molecule has 0 aliphatic carbocycles. The number of esters is 1. The summed E-state index contributed by atoms with van der Waals surface area (Å²) in [5.74, 6) is -0.470. The first-order valence-corrected chi connectivity index (χ1v) is 5.43. The summed E-state index contributed by atoms with van der Waals surface area (Å²) in [6.07, 6.45) is 0. The van der Waals surface area contributed by atoms with Crippen LogP contribution in [0, 0.1) is 6.92 Å². The molecule has 0 fully saturated rings. The monoisotopic (exact) mass is 247 g/mol. The number of benzene rings is 1. The van der Waals surface area contributed by atoms with Crippen molar-refractivity contribution in [1.82, 2.24) is 9.55 Å². The minimum Gasteiger partial charge on any atom is -0.454 e. The molecule has 18 heavy (non-hydrogen) atoms. The second kappa shape index (κ2) is 4.87. The number of nitrogens with zero attached hydrogens (tertiary/aromatic N) is 2. The van der Waals surface area contributed by atoms with E-state index in [1.807, 2.05) is 24.3 Å². The predicted octanol–water partition coefficient (Wildman–Crippen LogP) is 0.373. The van der Waals surface area contributed by atoms with E-state index < -0.39 is 18.5 Å². The zero-order valence-corrected chi connectivity index (χ0v) is 9.92. The average molecular weight is 247 g/mol. The van der Waals surface area contributed by atoms with E-state index in [1.165, 1.54) is 0 Å². The first kappa shape index (κ1) is 12.1. The van der Waals surface area contributed by atoms with Crippen molar-refractivity contribution in [2.75, 3.05) is 6.61 Å². The molecule has 2 N–H and O–H groups in total. The molecular weight excluding hydrogens is 234 g/mol. The number of imidazole rings is 1. The second-order valence-electron chi connectivity index (χ2n) is 3.86.